The van der Waals surface area contributed by atoms with Gasteiger partial charge in [0.05, 0.1) is 5.25 Å². The number of thiol groups is 2. The van der Waals surface area contributed by atoms with Crippen LogP contribution in [-0.2, 0) is 4.79 Å². The lowest BCUT2D eigenvalue weighted by atomic mass is 10.2. The third-order valence-electron chi connectivity index (χ3n) is 1.01. The molecule has 0 aromatic heterocycles. The van der Waals surface area contributed by atoms with E-state index >= 15 is 0 Å². The van der Waals surface area contributed by atoms with Gasteiger partial charge in [0.25, 0.3) is 0 Å². The predicted molar refractivity (Wildman–Crippen MR) is 48.2 cm³/mol. The van der Waals surface area contributed by atoms with Gasteiger partial charge in [-0.25, -0.2) is 5.84 Å². The Hall–Kier alpha value is 0.130. The molecule has 0 saturated carbocycles. The van der Waals surface area contributed by atoms with Gasteiger partial charge < -0.3 is 0 Å². The number of carbonyl (C=O) groups excluding carboxylic acids is 1. The van der Waals surface area contributed by atoms with Crippen LogP contribution in [0.5, 0.6) is 0 Å². The molecule has 10 heavy (non-hydrogen) atoms. The molecule has 3 nitrogen and oxygen atoms in total. The van der Waals surface area contributed by atoms with Gasteiger partial charge in [0, 0.05) is 5.25 Å². The van der Waals surface area contributed by atoms with Gasteiger partial charge in [-0.15, -0.1) is 0 Å². The molecule has 0 aromatic carbocycles. The summed E-state index contributed by atoms with van der Waals surface area (Å²) in [6.45, 7) is 1.90. The van der Waals surface area contributed by atoms with Crippen LogP contribution in [0.15, 0.2) is 0 Å². The first-order chi connectivity index (χ1) is 4.57. The Kier molecular flexibility index (Phi) is 4.93. The van der Waals surface area contributed by atoms with Gasteiger partial charge in [-0.1, -0.05) is 6.92 Å². The molecule has 0 fully saturated rings. The highest BCUT2D eigenvalue weighted by Crippen LogP contribution is 2.08. The Labute approximate surface area is 71.5 Å². The van der Waals surface area contributed by atoms with E-state index in [1.54, 1.807) is 0 Å². The Balaban J connectivity index is 3.61. The summed E-state index contributed by atoms with van der Waals surface area (Å²) in [5.41, 5.74) is 2.02. The maximum Gasteiger partial charge on any atom is 0.246 e. The van der Waals surface area contributed by atoms with Gasteiger partial charge >= 0.3 is 0 Å². The van der Waals surface area contributed by atoms with Crippen LogP contribution in [0.2, 0.25) is 0 Å². The maximum atomic E-state index is 10.7. The molecule has 0 spiro atoms. The first-order valence-electron chi connectivity index (χ1n) is 2.94. The van der Waals surface area contributed by atoms with Gasteiger partial charge in [-0.2, -0.15) is 25.3 Å². The summed E-state index contributed by atoms with van der Waals surface area (Å²) in [4.78, 5) is 10.7. The number of nitrogens with two attached hydrogens (primary N) is 1. The fourth-order valence-electron chi connectivity index (χ4n) is 0.526. The molecule has 60 valence electrons. The molecule has 0 heterocycles. The van der Waals surface area contributed by atoms with Crippen LogP contribution in [-0.4, -0.2) is 16.4 Å². The van der Waals surface area contributed by atoms with E-state index in [-0.39, 0.29) is 16.4 Å². The molecule has 5 heteroatoms. The minimum atomic E-state index is -0.350. The first-order valence-corrected chi connectivity index (χ1v) is 3.97. The molecule has 0 bridgehead atoms. The Morgan fingerprint density at radius 1 is 1.70 bits per heavy atom. The summed E-state index contributed by atoms with van der Waals surface area (Å²) in [7, 11) is 0. The quantitative estimate of drug-likeness (QED) is 0.214. The van der Waals surface area contributed by atoms with Crippen molar-refractivity contribution >= 4 is 31.2 Å². The van der Waals surface area contributed by atoms with Crippen molar-refractivity contribution in [3.8, 4) is 0 Å². The summed E-state index contributed by atoms with van der Waals surface area (Å²) in [5, 5.41) is -0.183. The molecule has 0 rings (SSSR count). The zero-order valence-electron chi connectivity index (χ0n) is 5.74. The molecule has 1 amide bonds. The van der Waals surface area contributed by atoms with Crippen molar-refractivity contribution in [3.63, 3.8) is 0 Å². The number of hydrogen-bond acceptors (Lipinski definition) is 4. The van der Waals surface area contributed by atoms with E-state index in [4.69, 9.17) is 5.84 Å². The van der Waals surface area contributed by atoms with Crippen LogP contribution in [0.1, 0.15) is 13.3 Å². The van der Waals surface area contributed by atoms with E-state index in [1.807, 2.05) is 12.3 Å². The van der Waals surface area contributed by atoms with Gasteiger partial charge in [-0.3, -0.25) is 10.2 Å². The van der Waals surface area contributed by atoms with Crippen molar-refractivity contribution in [2.24, 2.45) is 5.84 Å². The normalized spacial score (nSPS) is 16.0. The highest BCUT2D eigenvalue weighted by Gasteiger charge is 2.13. The van der Waals surface area contributed by atoms with Crippen LogP contribution in [0.25, 0.3) is 0 Å². The minimum Gasteiger partial charge on any atom is -0.293 e. The molecular weight excluding hydrogens is 168 g/mol. The van der Waals surface area contributed by atoms with Gasteiger partial charge in [0.1, 0.15) is 0 Å². The average molecular weight is 180 g/mol. The number of nitrogens with one attached hydrogen (secondary N) is 1. The predicted octanol–water partition coefficient (Wildman–Crippen LogP) is -0.0169. The topological polar surface area (TPSA) is 55.1 Å². The van der Waals surface area contributed by atoms with Crippen molar-refractivity contribution in [1.82, 2.24) is 5.43 Å². The SMILES string of the molecule is CC(S)CC(S)C(=O)NN. The molecule has 3 N–H and O–H groups in total. The van der Waals surface area contributed by atoms with Crippen molar-refractivity contribution in [2.75, 3.05) is 0 Å². The summed E-state index contributed by atoms with van der Waals surface area (Å²) in [6.07, 6.45) is 0.620. The van der Waals surface area contributed by atoms with E-state index < -0.39 is 0 Å². The van der Waals surface area contributed by atoms with Crippen molar-refractivity contribution < 1.29 is 4.79 Å². The summed E-state index contributed by atoms with van der Waals surface area (Å²) < 4.78 is 0. The molecular formula is C5H12N2OS2. The molecule has 0 aliphatic heterocycles. The second-order valence-electron chi connectivity index (χ2n) is 2.11. The maximum absolute atomic E-state index is 10.7. The molecule has 2 unspecified atom stereocenters. The molecule has 0 aliphatic carbocycles. The zero-order valence-corrected chi connectivity index (χ0v) is 7.53. The minimum absolute atomic E-state index is 0.166. The molecule has 0 radical (unpaired) electrons. The van der Waals surface area contributed by atoms with Crippen LogP contribution < -0.4 is 11.3 Å². The zero-order chi connectivity index (χ0) is 8.15. The Morgan fingerprint density at radius 2 is 2.20 bits per heavy atom. The number of hydrogen-bond donors (Lipinski definition) is 4. The van der Waals surface area contributed by atoms with E-state index in [9.17, 15) is 4.79 Å². The largest absolute Gasteiger partial charge is 0.293 e. The first kappa shape index (κ1) is 10.1. The molecule has 0 saturated heterocycles. The number of hydrazine groups is 1. The highest BCUT2D eigenvalue weighted by atomic mass is 32.1. The van der Waals surface area contributed by atoms with Crippen LogP contribution in [0.4, 0.5) is 0 Å². The number of rotatable bonds is 3. The summed E-state index contributed by atoms with van der Waals surface area (Å²) >= 11 is 8.10. The average Bonchev–Trinajstić information content (AvgIpc) is 1.85. The van der Waals surface area contributed by atoms with Crippen molar-refractivity contribution in [2.45, 2.75) is 23.8 Å². The Bertz CT molecular complexity index is 118. The highest BCUT2D eigenvalue weighted by molar-refractivity contribution is 7.82. The van der Waals surface area contributed by atoms with Gasteiger partial charge in [0.15, 0.2) is 0 Å². The van der Waals surface area contributed by atoms with E-state index in [0.717, 1.165) is 0 Å². The molecule has 2 atom stereocenters. The van der Waals surface area contributed by atoms with Crippen molar-refractivity contribution in [1.29, 1.82) is 0 Å². The fraction of sp³-hybridized carbons (Fsp3) is 0.800. The van der Waals surface area contributed by atoms with Crippen LogP contribution >= 0.6 is 25.3 Å². The van der Waals surface area contributed by atoms with E-state index in [1.165, 1.54) is 0 Å². The lowest BCUT2D eigenvalue weighted by Crippen LogP contribution is -2.37. The van der Waals surface area contributed by atoms with Gasteiger partial charge in [-0.05, 0) is 6.42 Å². The van der Waals surface area contributed by atoms with Gasteiger partial charge in [0.2, 0.25) is 5.91 Å². The summed E-state index contributed by atoms with van der Waals surface area (Å²) in [5.74, 6) is 4.62. The standard InChI is InChI=1S/C5H12N2OS2/c1-3(9)2-4(10)5(8)7-6/h3-4,9-10H,2,6H2,1H3,(H,7,8). The third-order valence-corrected chi connectivity index (χ3v) is 1.67. The lowest BCUT2D eigenvalue weighted by molar-refractivity contribution is -0.120. The van der Waals surface area contributed by atoms with E-state index in [0.29, 0.717) is 6.42 Å². The lowest BCUT2D eigenvalue weighted by Gasteiger charge is -2.09. The van der Waals surface area contributed by atoms with E-state index in [2.05, 4.69) is 25.3 Å². The molecule has 0 aliphatic rings. The van der Waals surface area contributed by atoms with Crippen molar-refractivity contribution in [3.05, 3.63) is 0 Å². The fourth-order valence-corrected chi connectivity index (χ4v) is 1.29. The number of carbonyl (C=O) groups is 1. The van der Waals surface area contributed by atoms with Crippen LogP contribution in [0, 0.1) is 0 Å². The monoisotopic (exact) mass is 180 g/mol. The second-order valence-corrected chi connectivity index (χ2v) is 3.61. The third kappa shape index (κ3) is 4.03. The second kappa shape index (κ2) is 4.87. The molecule has 0 aromatic rings. The number of amides is 1. The van der Waals surface area contributed by atoms with Crippen LogP contribution in [0.3, 0.4) is 0 Å². The summed E-state index contributed by atoms with van der Waals surface area (Å²) in [6, 6.07) is 0. The Morgan fingerprint density at radius 3 is 2.50 bits per heavy atom. The smallest absolute Gasteiger partial charge is 0.246 e.